The van der Waals surface area contributed by atoms with Crippen LogP contribution >= 0.6 is 11.6 Å². The van der Waals surface area contributed by atoms with Gasteiger partial charge in [0.2, 0.25) is 0 Å². The maximum atomic E-state index is 5.66. The van der Waals surface area contributed by atoms with E-state index in [0.29, 0.717) is 0 Å². The summed E-state index contributed by atoms with van der Waals surface area (Å²) >= 11 is 5.66. The Kier molecular flexibility index (Phi) is 3.63. The maximum absolute atomic E-state index is 5.66. The molecule has 11 heavy (non-hydrogen) atoms. The first-order valence-electron chi connectivity index (χ1n) is 4.37. The van der Waals surface area contributed by atoms with Crippen molar-refractivity contribution in [1.82, 2.24) is 5.32 Å². The van der Waals surface area contributed by atoms with Crippen LogP contribution in [0.3, 0.4) is 0 Å². The summed E-state index contributed by atoms with van der Waals surface area (Å²) < 4.78 is 1.21. The minimum absolute atomic E-state index is 0.807. The molecular formula is C8H18ClN2+. The highest BCUT2D eigenvalue weighted by Gasteiger charge is 2.22. The van der Waals surface area contributed by atoms with Gasteiger partial charge in [0.15, 0.2) is 0 Å². The van der Waals surface area contributed by atoms with Crippen LogP contribution in [0.4, 0.5) is 0 Å². The van der Waals surface area contributed by atoms with E-state index in [1.807, 2.05) is 0 Å². The second-order valence-corrected chi connectivity index (χ2v) is 3.96. The normalized spacial score (nSPS) is 23.5. The third-order valence-corrected chi connectivity index (χ3v) is 2.76. The first-order valence-corrected chi connectivity index (χ1v) is 4.90. The highest BCUT2D eigenvalue weighted by molar-refractivity contribution is 6.17. The zero-order chi connectivity index (χ0) is 8.16. The number of alkyl halides is 1. The lowest BCUT2D eigenvalue weighted by molar-refractivity contribution is -0.911. The van der Waals surface area contributed by atoms with Crippen LogP contribution < -0.4 is 5.32 Å². The smallest absolute Gasteiger partial charge is 0.0911 e. The number of nitrogens with one attached hydrogen (secondary N) is 1. The summed E-state index contributed by atoms with van der Waals surface area (Å²) in [6, 6.07) is 0. The third-order valence-electron chi connectivity index (χ3n) is 2.49. The molecule has 66 valence electrons. The molecule has 0 aromatic rings. The van der Waals surface area contributed by atoms with Gasteiger partial charge >= 0.3 is 0 Å². The number of hydrogen-bond acceptors (Lipinski definition) is 1. The lowest BCUT2D eigenvalue weighted by atomic mass is 10.2. The van der Waals surface area contributed by atoms with Crippen LogP contribution in [0.25, 0.3) is 0 Å². The molecule has 1 rings (SSSR count). The SMILES string of the molecule is C[N+]1(CCCCl)CCNCC1. The van der Waals surface area contributed by atoms with Gasteiger partial charge in [0, 0.05) is 25.4 Å². The topological polar surface area (TPSA) is 12.0 Å². The summed E-state index contributed by atoms with van der Waals surface area (Å²) in [4.78, 5) is 0. The summed E-state index contributed by atoms with van der Waals surface area (Å²) in [7, 11) is 2.33. The molecular weight excluding hydrogens is 160 g/mol. The van der Waals surface area contributed by atoms with Gasteiger partial charge in [-0.05, 0) is 0 Å². The molecule has 0 aliphatic carbocycles. The van der Waals surface area contributed by atoms with E-state index < -0.39 is 0 Å². The number of piperazine rings is 1. The van der Waals surface area contributed by atoms with Crippen molar-refractivity contribution in [3.05, 3.63) is 0 Å². The van der Waals surface area contributed by atoms with Crippen molar-refractivity contribution in [1.29, 1.82) is 0 Å². The molecule has 0 aromatic heterocycles. The molecule has 0 unspecified atom stereocenters. The highest BCUT2D eigenvalue weighted by atomic mass is 35.5. The molecule has 0 aromatic carbocycles. The quantitative estimate of drug-likeness (QED) is 0.494. The van der Waals surface area contributed by atoms with Crippen molar-refractivity contribution in [2.75, 3.05) is 45.7 Å². The number of quaternary nitrogens is 1. The Morgan fingerprint density at radius 1 is 1.36 bits per heavy atom. The van der Waals surface area contributed by atoms with Crippen molar-refractivity contribution in [2.24, 2.45) is 0 Å². The van der Waals surface area contributed by atoms with E-state index in [1.165, 1.54) is 37.2 Å². The molecule has 1 aliphatic heterocycles. The first kappa shape index (κ1) is 9.30. The number of hydrogen-bond donors (Lipinski definition) is 1. The molecule has 0 amide bonds. The minimum Gasteiger partial charge on any atom is -0.324 e. The lowest BCUT2D eigenvalue weighted by Crippen LogP contribution is -2.56. The van der Waals surface area contributed by atoms with Crippen LogP contribution in [0.2, 0.25) is 0 Å². The van der Waals surface area contributed by atoms with Crippen LogP contribution in [0.15, 0.2) is 0 Å². The third kappa shape index (κ3) is 2.97. The molecule has 0 bridgehead atoms. The van der Waals surface area contributed by atoms with Crippen molar-refractivity contribution in [3.8, 4) is 0 Å². The average molecular weight is 178 g/mol. The average Bonchev–Trinajstić information content (AvgIpc) is 2.03. The lowest BCUT2D eigenvalue weighted by Gasteiger charge is -2.38. The van der Waals surface area contributed by atoms with Gasteiger partial charge < -0.3 is 9.80 Å². The molecule has 1 aliphatic rings. The van der Waals surface area contributed by atoms with Gasteiger partial charge in [0.1, 0.15) is 0 Å². The Morgan fingerprint density at radius 2 is 2.00 bits per heavy atom. The number of halogens is 1. The zero-order valence-corrected chi connectivity index (χ0v) is 8.03. The van der Waals surface area contributed by atoms with E-state index in [4.69, 9.17) is 11.6 Å². The first-order chi connectivity index (χ1) is 5.27. The standard InChI is InChI=1S/C8H18ClN2/c1-11(6-2-3-9)7-4-10-5-8-11/h10H,2-8H2,1H3/q+1. The minimum atomic E-state index is 0.807. The van der Waals surface area contributed by atoms with Crippen molar-refractivity contribution >= 4 is 11.6 Å². The highest BCUT2D eigenvalue weighted by Crippen LogP contribution is 2.05. The Labute approximate surface area is 74.1 Å². The van der Waals surface area contributed by atoms with E-state index in [0.717, 1.165) is 12.3 Å². The molecule has 0 saturated carbocycles. The fraction of sp³-hybridized carbons (Fsp3) is 1.00. The predicted molar refractivity (Wildman–Crippen MR) is 49.0 cm³/mol. The van der Waals surface area contributed by atoms with E-state index in [9.17, 15) is 0 Å². The van der Waals surface area contributed by atoms with Gasteiger partial charge in [-0.25, -0.2) is 0 Å². The molecule has 1 N–H and O–H groups in total. The van der Waals surface area contributed by atoms with Crippen LogP contribution in [-0.4, -0.2) is 50.1 Å². The van der Waals surface area contributed by atoms with Crippen molar-refractivity contribution < 1.29 is 4.48 Å². The summed E-state index contributed by atoms with van der Waals surface area (Å²) in [5, 5.41) is 3.37. The molecule has 2 nitrogen and oxygen atoms in total. The Balaban J connectivity index is 2.25. The molecule has 0 spiro atoms. The van der Waals surface area contributed by atoms with E-state index in [1.54, 1.807) is 0 Å². The van der Waals surface area contributed by atoms with Crippen molar-refractivity contribution in [3.63, 3.8) is 0 Å². The summed E-state index contributed by atoms with van der Waals surface area (Å²) in [6.45, 7) is 6.09. The van der Waals surface area contributed by atoms with Gasteiger partial charge in [-0.3, -0.25) is 0 Å². The van der Waals surface area contributed by atoms with Crippen molar-refractivity contribution in [2.45, 2.75) is 6.42 Å². The monoisotopic (exact) mass is 177 g/mol. The van der Waals surface area contributed by atoms with Crippen LogP contribution in [0.1, 0.15) is 6.42 Å². The van der Waals surface area contributed by atoms with Crippen LogP contribution in [0.5, 0.6) is 0 Å². The summed E-state index contributed by atoms with van der Waals surface area (Å²) in [5.41, 5.74) is 0. The summed E-state index contributed by atoms with van der Waals surface area (Å²) in [6.07, 6.45) is 1.15. The second kappa shape index (κ2) is 4.29. The molecule has 1 fully saturated rings. The fourth-order valence-electron chi connectivity index (χ4n) is 1.60. The number of nitrogens with zero attached hydrogens (tertiary/aromatic N) is 1. The fourth-order valence-corrected chi connectivity index (χ4v) is 1.72. The van der Waals surface area contributed by atoms with E-state index >= 15 is 0 Å². The largest absolute Gasteiger partial charge is 0.324 e. The molecule has 1 heterocycles. The zero-order valence-electron chi connectivity index (χ0n) is 7.27. The molecule has 0 atom stereocenters. The Hall–Kier alpha value is 0.210. The van der Waals surface area contributed by atoms with Gasteiger partial charge in [-0.15, -0.1) is 11.6 Å². The molecule has 3 heteroatoms. The number of rotatable bonds is 3. The molecule has 1 saturated heterocycles. The van der Waals surface area contributed by atoms with E-state index in [2.05, 4.69) is 12.4 Å². The van der Waals surface area contributed by atoms with Crippen LogP contribution in [-0.2, 0) is 0 Å². The Morgan fingerprint density at radius 3 is 2.55 bits per heavy atom. The maximum Gasteiger partial charge on any atom is 0.0911 e. The number of likely N-dealkylation sites (N-methyl/N-ethyl adjacent to an activating group) is 1. The van der Waals surface area contributed by atoms with Gasteiger partial charge in [0.25, 0.3) is 0 Å². The molecule has 0 radical (unpaired) electrons. The van der Waals surface area contributed by atoms with E-state index in [-0.39, 0.29) is 0 Å². The van der Waals surface area contributed by atoms with Gasteiger partial charge in [-0.2, -0.15) is 0 Å². The summed E-state index contributed by atoms with van der Waals surface area (Å²) in [5.74, 6) is 0.807. The van der Waals surface area contributed by atoms with Gasteiger partial charge in [0.05, 0.1) is 26.7 Å². The van der Waals surface area contributed by atoms with Crippen LogP contribution in [0, 0.1) is 0 Å². The predicted octanol–water partition coefficient (Wildman–Crippen LogP) is 0.665. The van der Waals surface area contributed by atoms with Gasteiger partial charge in [-0.1, -0.05) is 0 Å². The Bertz CT molecular complexity index is 111. The second-order valence-electron chi connectivity index (χ2n) is 3.58.